The molecular formula is C18H15Cl3N2O3S. The van der Waals surface area contributed by atoms with E-state index >= 15 is 0 Å². The monoisotopic (exact) mass is 444 g/mol. The van der Waals surface area contributed by atoms with E-state index in [1.165, 1.54) is 22.9 Å². The second-order valence-corrected chi connectivity index (χ2v) is 8.86. The van der Waals surface area contributed by atoms with Crippen molar-refractivity contribution in [2.24, 2.45) is 0 Å². The molecule has 3 aromatic rings. The highest BCUT2D eigenvalue weighted by Crippen LogP contribution is 2.31. The van der Waals surface area contributed by atoms with Crippen LogP contribution < -0.4 is 4.18 Å². The molecule has 0 bridgehead atoms. The van der Waals surface area contributed by atoms with Gasteiger partial charge in [0.15, 0.2) is 0 Å². The van der Waals surface area contributed by atoms with Gasteiger partial charge in [-0.15, -0.1) is 0 Å². The maximum atomic E-state index is 12.8. The molecule has 142 valence electrons. The predicted octanol–water partition coefficient (Wildman–Crippen LogP) is 5.72. The van der Waals surface area contributed by atoms with Crippen molar-refractivity contribution in [3.8, 4) is 11.6 Å². The number of benzene rings is 2. The summed E-state index contributed by atoms with van der Waals surface area (Å²) >= 11 is 18.0. The Balaban J connectivity index is 2.10. The summed E-state index contributed by atoms with van der Waals surface area (Å²) in [5, 5.41) is 5.18. The number of halogens is 3. The van der Waals surface area contributed by atoms with Gasteiger partial charge in [-0.3, -0.25) is 0 Å². The molecule has 9 heteroatoms. The zero-order chi connectivity index (χ0) is 19.8. The third-order valence-electron chi connectivity index (χ3n) is 3.70. The Morgan fingerprint density at radius 3 is 2.37 bits per heavy atom. The van der Waals surface area contributed by atoms with Crippen molar-refractivity contribution in [3.63, 3.8) is 0 Å². The Morgan fingerprint density at radius 2 is 1.70 bits per heavy atom. The van der Waals surface area contributed by atoms with Crippen LogP contribution in [0.4, 0.5) is 0 Å². The summed E-state index contributed by atoms with van der Waals surface area (Å²) in [5.41, 5.74) is 1.23. The summed E-state index contributed by atoms with van der Waals surface area (Å²) < 4.78 is 32.3. The van der Waals surface area contributed by atoms with Gasteiger partial charge in [0.25, 0.3) is 0 Å². The van der Waals surface area contributed by atoms with Gasteiger partial charge in [0.1, 0.15) is 4.90 Å². The Bertz CT molecular complexity index is 1090. The van der Waals surface area contributed by atoms with Crippen LogP contribution in [0.5, 0.6) is 5.88 Å². The van der Waals surface area contributed by atoms with E-state index in [1.807, 2.05) is 13.8 Å². The molecular weight excluding hydrogens is 431 g/mol. The van der Waals surface area contributed by atoms with Crippen molar-refractivity contribution >= 4 is 44.9 Å². The Labute approximate surface area is 172 Å². The first kappa shape index (κ1) is 20.0. The van der Waals surface area contributed by atoms with Crippen LogP contribution in [0, 0.1) is 0 Å². The van der Waals surface area contributed by atoms with Gasteiger partial charge in [-0.25, -0.2) is 0 Å². The molecule has 5 nitrogen and oxygen atoms in total. The van der Waals surface area contributed by atoms with E-state index in [1.54, 1.807) is 30.3 Å². The molecule has 0 fully saturated rings. The molecule has 0 saturated carbocycles. The van der Waals surface area contributed by atoms with E-state index in [0.717, 1.165) is 0 Å². The quantitative estimate of drug-likeness (QED) is 0.471. The smallest absolute Gasteiger partial charge is 0.342 e. The summed E-state index contributed by atoms with van der Waals surface area (Å²) in [7, 11) is -4.23. The fourth-order valence-corrected chi connectivity index (χ4v) is 4.18. The van der Waals surface area contributed by atoms with Gasteiger partial charge >= 0.3 is 10.1 Å². The first-order chi connectivity index (χ1) is 12.7. The lowest BCUT2D eigenvalue weighted by Crippen LogP contribution is -2.13. The van der Waals surface area contributed by atoms with E-state index in [-0.39, 0.29) is 26.7 Å². The van der Waals surface area contributed by atoms with E-state index in [4.69, 9.17) is 39.0 Å². The molecule has 0 amide bonds. The first-order valence-corrected chi connectivity index (χ1v) is 10.5. The number of rotatable bonds is 5. The molecule has 0 atom stereocenters. The molecule has 27 heavy (non-hydrogen) atoms. The van der Waals surface area contributed by atoms with Gasteiger partial charge in [0.2, 0.25) is 5.88 Å². The molecule has 0 spiro atoms. The largest absolute Gasteiger partial charge is 0.358 e. The average molecular weight is 446 g/mol. The van der Waals surface area contributed by atoms with Gasteiger partial charge in [-0.1, -0.05) is 54.7 Å². The van der Waals surface area contributed by atoms with Crippen molar-refractivity contribution < 1.29 is 12.6 Å². The summed E-state index contributed by atoms with van der Waals surface area (Å²) in [4.78, 5) is -0.221. The van der Waals surface area contributed by atoms with E-state index < -0.39 is 10.1 Å². The minimum atomic E-state index is -4.23. The van der Waals surface area contributed by atoms with E-state index in [9.17, 15) is 8.42 Å². The van der Waals surface area contributed by atoms with Crippen LogP contribution in [0.25, 0.3) is 5.69 Å². The van der Waals surface area contributed by atoms with Crippen molar-refractivity contribution in [1.82, 2.24) is 9.78 Å². The molecule has 3 rings (SSSR count). The Hall–Kier alpha value is -1.73. The maximum absolute atomic E-state index is 12.8. The summed E-state index contributed by atoms with van der Waals surface area (Å²) in [6, 6.07) is 12.6. The maximum Gasteiger partial charge on any atom is 0.342 e. The predicted molar refractivity (Wildman–Crippen MR) is 107 cm³/mol. The summed E-state index contributed by atoms with van der Waals surface area (Å²) in [5.74, 6) is 0.0854. The second kappa shape index (κ2) is 7.72. The number of hydrogen-bond acceptors (Lipinski definition) is 4. The van der Waals surface area contributed by atoms with Crippen molar-refractivity contribution in [2.75, 3.05) is 0 Å². The lowest BCUT2D eigenvalue weighted by atomic mass is 10.1. The molecule has 1 heterocycles. The van der Waals surface area contributed by atoms with Gasteiger partial charge in [0.05, 0.1) is 16.4 Å². The molecule has 0 saturated heterocycles. The van der Waals surface area contributed by atoms with E-state index in [2.05, 4.69) is 5.10 Å². The minimum Gasteiger partial charge on any atom is -0.358 e. The fourth-order valence-electron chi connectivity index (χ4n) is 2.34. The highest BCUT2D eigenvalue weighted by atomic mass is 35.5. The number of hydrogen-bond donors (Lipinski definition) is 0. The average Bonchev–Trinajstić information content (AvgIpc) is 3.00. The lowest BCUT2D eigenvalue weighted by molar-refractivity contribution is 0.465. The topological polar surface area (TPSA) is 61.2 Å². The van der Waals surface area contributed by atoms with Crippen LogP contribution in [-0.2, 0) is 10.1 Å². The molecule has 0 aliphatic rings. The van der Waals surface area contributed by atoms with Gasteiger partial charge in [-0.05, 0) is 42.3 Å². The number of nitrogens with zero attached hydrogens (tertiary/aromatic N) is 2. The Kier molecular flexibility index (Phi) is 5.72. The molecule has 2 aromatic carbocycles. The molecule has 0 aliphatic carbocycles. The number of aromatic nitrogens is 2. The fraction of sp³-hybridized carbons (Fsp3) is 0.167. The Morgan fingerprint density at radius 1 is 1.00 bits per heavy atom. The standard InChI is InChI=1S/C18H15Cl3N2O3S/c1-11(2)16-10-18(23(22-16)14-5-3-4-12(19)8-14)26-27(24,25)17-9-13(20)6-7-15(17)21/h3-11H,1-2H3. The third kappa shape index (κ3) is 4.41. The van der Waals surface area contributed by atoms with Crippen LogP contribution in [0.2, 0.25) is 15.1 Å². The van der Waals surface area contributed by atoms with Crippen LogP contribution in [0.3, 0.4) is 0 Å². The molecule has 0 aliphatic heterocycles. The van der Waals surface area contributed by atoms with Crippen LogP contribution in [0.15, 0.2) is 53.4 Å². The lowest BCUT2D eigenvalue weighted by Gasteiger charge is -2.11. The molecule has 1 aromatic heterocycles. The van der Waals surface area contributed by atoms with Crippen molar-refractivity contribution in [3.05, 3.63) is 69.3 Å². The zero-order valence-electron chi connectivity index (χ0n) is 14.4. The summed E-state index contributed by atoms with van der Waals surface area (Å²) in [6.45, 7) is 3.88. The van der Waals surface area contributed by atoms with Crippen LogP contribution >= 0.6 is 34.8 Å². The van der Waals surface area contributed by atoms with Crippen LogP contribution in [-0.4, -0.2) is 18.2 Å². The van der Waals surface area contributed by atoms with E-state index in [0.29, 0.717) is 16.4 Å². The molecule has 0 N–H and O–H groups in total. The van der Waals surface area contributed by atoms with Crippen molar-refractivity contribution in [1.29, 1.82) is 0 Å². The normalized spacial score (nSPS) is 11.8. The van der Waals surface area contributed by atoms with Gasteiger partial charge < -0.3 is 4.18 Å². The highest BCUT2D eigenvalue weighted by Gasteiger charge is 2.24. The molecule has 0 radical (unpaired) electrons. The highest BCUT2D eigenvalue weighted by molar-refractivity contribution is 7.87. The van der Waals surface area contributed by atoms with Crippen LogP contribution in [0.1, 0.15) is 25.5 Å². The third-order valence-corrected chi connectivity index (χ3v) is 5.88. The summed E-state index contributed by atoms with van der Waals surface area (Å²) in [6.07, 6.45) is 0. The van der Waals surface area contributed by atoms with Crippen molar-refractivity contribution in [2.45, 2.75) is 24.7 Å². The molecule has 0 unspecified atom stereocenters. The minimum absolute atomic E-state index is 0.0114. The van der Waals surface area contributed by atoms with Gasteiger partial charge in [-0.2, -0.15) is 18.2 Å². The second-order valence-electron chi connectivity index (χ2n) is 6.07. The zero-order valence-corrected chi connectivity index (χ0v) is 17.4. The van der Waals surface area contributed by atoms with Gasteiger partial charge in [0, 0.05) is 16.1 Å². The SMILES string of the molecule is CC(C)c1cc(OS(=O)(=O)c2cc(Cl)ccc2Cl)n(-c2cccc(Cl)c2)n1. The first-order valence-electron chi connectivity index (χ1n) is 7.93.